The normalized spacial score (nSPS) is 12.0. The van der Waals surface area contributed by atoms with Crippen molar-refractivity contribution in [2.24, 2.45) is 0 Å². The van der Waals surface area contributed by atoms with Crippen LogP contribution in [0.4, 0.5) is 13.2 Å². The van der Waals surface area contributed by atoms with Gasteiger partial charge in [-0.3, -0.25) is 14.5 Å². The van der Waals surface area contributed by atoms with Crippen molar-refractivity contribution in [3.05, 3.63) is 53.1 Å². The van der Waals surface area contributed by atoms with E-state index in [1.165, 1.54) is 19.4 Å². The molecule has 0 saturated heterocycles. The second kappa shape index (κ2) is 6.11. The summed E-state index contributed by atoms with van der Waals surface area (Å²) in [6.07, 6.45) is -1.56. The highest BCUT2D eigenvalue weighted by Gasteiger charge is 2.30. The lowest BCUT2D eigenvalue weighted by Gasteiger charge is -2.15. The second-order valence-corrected chi connectivity index (χ2v) is 5.96. The maximum atomic E-state index is 13.1. The van der Waals surface area contributed by atoms with Crippen molar-refractivity contribution >= 4 is 21.8 Å². The Morgan fingerprint density at radius 1 is 1.22 bits per heavy atom. The first-order valence-electron chi connectivity index (χ1n) is 7.95. The number of aromatic amines is 1. The lowest BCUT2D eigenvalue weighted by Crippen LogP contribution is -2.28. The monoisotopic (exact) mass is 374 g/mol. The van der Waals surface area contributed by atoms with E-state index in [4.69, 9.17) is 4.74 Å². The summed E-state index contributed by atoms with van der Waals surface area (Å²) < 4.78 is 45.2. The van der Waals surface area contributed by atoms with Crippen LogP contribution in [0.2, 0.25) is 0 Å². The summed E-state index contributed by atoms with van der Waals surface area (Å²) in [5, 5.41) is 7.26. The Kier molecular flexibility index (Phi) is 3.87. The van der Waals surface area contributed by atoms with Crippen LogP contribution in [0.15, 0.2) is 47.5 Å². The van der Waals surface area contributed by atoms with E-state index in [1.54, 1.807) is 30.5 Å². The summed E-state index contributed by atoms with van der Waals surface area (Å²) in [5.41, 5.74) is 0.626. The van der Waals surface area contributed by atoms with Crippen molar-refractivity contribution in [2.45, 2.75) is 12.7 Å². The number of rotatable bonds is 3. The van der Waals surface area contributed by atoms with Gasteiger partial charge in [0.15, 0.2) is 0 Å². The fraction of sp³-hybridized carbons (Fsp3) is 0.167. The second-order valence-electron chi connectivity index (χ2n) is 5.96. The third kappa shape index (κ3) is 2.90. The molecular formula is C18H13F3N4O2. The van der Waals surface area contributed by atoms with E-state index in [9.17, 15) is 18.0 Å². The lowest BCUT2D eigenvalue weighted by molar-refractivity contribution is -0.140. The minimum absolute atomic E-state index is 0.0402. The van der Waals surface area contributed by atoms with Gasteiger partial charge in [-0.15, -0.1) is 0 Å². The van der Waals surface area contributed by atoms with Crippen LogP contribution in [-0.2, 0) is 6.54 Å². The van der Waals surface area contributed by atoms with Crippen LogP contribution in [0.25, 0.3) is 32.9 Å². The van der Waals surface area contributed by atoms with E-state index in [0.29, 0.717) is 32.3 Å². The summed E-state index contributed by atoms with van der Waals surface area (Å²) in [6, 6.07) is 8.39. The Hall–Kier alpha value is -3.36. The van der Waals surface area contributed by atoms with Crippen molar-refractivity contribution in [3.8, 4) is 17.0 Å². The van der Waals surface area contributed by atoms with Crippen molar-refractivity contribution in [2.75, 3.05) is 7.11 Å². The first-order chi connectivity index (χ1) is 12.9. The van der Waals surface area contributed by atoms with Gasteiger partial charge in [-0.1, -0.05) is 12.1 Å². The van der Waals surface area contributed by atoms with Gasteiger partial charge in [-0.2, -0.15) is 18.3 Å². The molecule has 0 saturated carbocycles. The number of hydrogen-bond donors (Lipinski definition) is 1. The number of halogens is 3. The van der Waals surface area contributed by atoms with Crippen molar-refractivity contribution < 1.29 is 17.9 Å². The van der Waals surface area contributed by atoms with Gasteiger partial charge in [-0.05, 0) is 23.8 Å². The molecule has 9 heteroatoms. The molecular weight excluding hydrogens is 361 g/mol. The maximum absolute atomic E-state index is 13.1. The number of fused-ring (bicyclic) bond motifs is 3. The third-order valence-electron chi connectivity index (χ3n) is 4.29. The summed E-state index contributed by atoms with van der Waals surface area (Å²) in [7, 11) is 1.46. The van der Waals surface area contributed by atoms with Crippen LogP contribution in [0.3, 0.4) is 0 Å². The predicted molar refractivity (Wildman–Crippen MR) is 93.7 cm³/mol. The highest BCUT2D eigenvalue weighted by molar-refractivity contribution is 6.05. The Balaban J connectivity index is 2.06. The molecule has 0 aliphatic heterocycles. The summed E-state index contributed by atoms with van der Waals surface area (Å²) in [5.74, 6) is 0.339. The zero-order valence-corrected chi connectivity index (χ0v) is 14.0. The van der Waals surface area contributed by atoms with E-state index in [1.807, 2.05) is 0 Å². The summed E-state index contributed by atoms with van der Waals surface area (Å²) >= 11 is 0. The minimum atomic E-state index is -4.55. The average Bonchev–Trinajstić information content (AvgIpc) is 3.14. The summed E-state index contributed by atoms with van der Waals surface area (Å²) in [4.78, 5) is 16.7. The van der Waals surface area contributed by atoms with Gasteiger partial charge in [0, 0.05) is 22.5 Å². The van der Waals surface area contributed by atoms with Crippen LogP contribution in [0.5, 0.6) is 5.88 Å². The Labute approximate surface area is 150 Å². The van der Waals surface area contributed by atoms with Gasteiger partial charge in [0.1, 0.15) is 12.1 Å². The Morgan fingerprint density at radius 3 is 2.78 bits per heavy atom. The van der Waals surface area contributed by atoms with E-state index >= 15 is 0 Å². The highest BCUT2D eigenvalue weighted by atomic mass is 19.4. The molecule has 6 nitrogen and oxygen atoms in total. The molecule has 3 aromatic heterocycles. The topological polar surface area (TPSA) is 72.8 Å². The van der Waals surface area contributed by atoms with Crippen LogP contribution < -0.4 is 10.3 Å². The number of nitrogens with zero attached hydrogens (tertiary/aromatic N) is 3. The molecule has 0 aliphatic rings. The van der Waals surface area contributed by atoms with Gasteiger partial charge in [0.25, 0.3) is 5.56 Å². The van der Waals surface area contributed by atoms with E-state index in [2.05, 4.69) is 15.2 Å². The fourth-order valence-corrected chi connectivity index (χ4v) is 3.16. The molecule has 3 heterocycles. The van der Waals surface area contributed by atoms with Crippen molar-refractivity contribution in [1.82, 2.24) is 19.7 Å². The van der Waals surface area contributed by atoms with Crippen LogP contribution >= 0.6 is 0 Å². The molecule has 1 N–H and O–H groups in total. The molecule has 138 valence electrons. The highest BCUT2D eigenvalue weighted by Crippen LogP contribution is 2.32. The SMILES string of the molecule is COc1ncccc1-c1ccc2c3cn[nH]c3c(=O)n(CC(F)(F)F)c2c1. The molecule has 1 aromatic carbocycles. The van der Waals surface area contributed by atoms with Gasteiger partial charge < -0.3 is 4.74 Å². The fourth-order valence-electron chi connectivity index (χ4n) is 3.16. The molecule has 0 atom stereocenters. The molecule has 0 unspecified atom stereocenters. The van der Waals surface area contributed by atoms with Crippen LogP contribution in [0.1, 0.15) is 0 Å². The molecule has 0 aliphatic carbocycles. The smallest absolute Gasteiger partial charge is 0.406 e. The predicted octanol–water partition coefficient (Wildman–Crippen LogP) is 3.51. The van der Waals surface area contributed by atoms with Gasteiger partial charge in [0.2, 0.25) is 5.88 Å². The Morgan fingerprint density at radius 2 is 2.04 bits per heavy atom. The molecule has 0 fully saturated rings. The molecule has 4 aromatic rings. The first kappa shape index (κ1) is 17.1. The van der Waals surface area contributed by atoms with Crippen LogP contribution in [-0.4, -0.2) is 33.0 Å². The average molecular weight is 374 g/mol. The van der Waals surface area contributed by atoms with Crippen molar-refractivity contribution in [1.29, 1.82) is 0 Å². The number of benzene rings is 1. The lowest BCUT2D eigenvalue weighted by atomic mass is 10.0. The van der Waals surface area contributed by atoms with E-state index in [0.717, 1.165) is 0 Å². The zero-order valence-electron chi connectivity index (χ0n) is 14.0. The molecule has 0 spiro atoms. The van der Waals surface area contributed by atoms with Gasteiger partial charge in [0.05, 0.1) is 18.8 Å². The number of ether oxygens (including phenoxy) is 1. The van der Waals surface area contributed by atoms with Gasteiger partial charge in [-0.25, -0.2) is 4.98 Å². The zero-order chi connectivity index (χ0) is 19.2. The number of H-pyrrole nitrogens is 1. The van der Waals surface area contributed by atoms with Crippen LogP contribution in [0, 0.1) is 0 Å². The molecule has 4 rings (SSSR count). The van der Waals surface area contributed by atoms with Crippen molar-refractivity contribution in [3.63, 3.8) is 0 Å². The largest absolute Gasteiger partial charge is 0.481 e. The molecule has 0 bridgehead atoms. The molecule has 27 heavy (non-hydrogen) atoms. The maximum Gasteiger partial charge on any atom is 0.406 e. The van der Waals surface area contributed by atoms with E-state index < -0.39 is 18.3 Å². The number of alkyl halides is 3. The molecule has 0 radical (unpaired) electrons. The summed E-state index contributed by atoms with van der Waals surface area (Å²) in [6.45, 7) is -1.40. The first-order valence-corrected chi connectivity index (χ1v) is 7.95. The Bertz CT molecular complexity index is 1210. The minimum Gasteiger partial charge on any atom is -0.481 e. The quantitative estimate of drug-likeness (QED) is 0.596. The number of pyridine rings is 2. The third-order valence-corrected chi connectivity index (χ3v) is 4.29. The standard InChI is InChI=1S/C18H13F3N4O2/c1-27-16-11(3-2-6-22-16)10-4-5-12-13-8-23-24-15(13)17(26)25(14(12)7-10)9-18(19,20)21/h2-8H,9H2,1H3,(H,23,24). The van der Waals surface area contributed by atoms with Gasteiger partial charge >= 0.3 is 6.18 Å². The molecule has 0 amide bonds. The van der Waals surface area contributed by atoms with E-state index in [-0.39, 0.29) is 11.0 Å². The number of aromatic nitrogens is 4. The number of nitrogens with one attached hydrogen (secondary N) is 1. The number of hydrogen-bond acceptors (Lipinski definition) is 4. The number of methoxy groups -OCH3 is 1.